The fourth-order valence-corrected chi connectivity index (χ4v) is 4.73. The first-order chi connectivity index (χ1) is 17.4. The second kappa shape index (κ2) is 11.7. The maximum atomic E-state index is 13.9. The average Bonchev–Trinajstić information content (AvgIpc) is 2.82. The highest BCUT2D eigenvalue weighted by molar-refractivity contribution is 6.31. The van der Waals surface area contributed by atoms with Gasteiger partial charge in [-0.2, -0.15) is 0 Å². The van der Waals surface area contributed by atoms with Gasteiger partial charge in [-0.1, -0.05) is 60.1 Å². The topological polar surface area (TPSA) is 94.1 Å². The number of carbonyl (C=O) groups excluding carboxylic acids is 3. The monoisotopic (exact) mass is 524 g/mol. The van der Waals surface area contributed by atoms with Crippen LogP contribution in [0.2, 0.25) is 5.02 Å². The number of nitrogens with one attached hydrogen (secondary N) is 1. The van der Waals surface area contributed by atoms with Crippen molar-refractivity contribution in [2.45, 2.75) is 58.6 Å². The molecule has 3 rings (SSSR count). The van der Waals surface area contributed by atoms with Gasteiger partial charge in [-0.25, -0.2) is 4.79 Å². The lowest BCUT2D eigenvalue weighted by Gasteiger charge is -2.33. The minimum atomic E-state index is -0.968. The summed E-state index contributed by atoms with van der Waals surface area (Å²) in [6.45, 7) is 8.74. The molecule has 2 unspecified atom stereocenters. The Bertz CT molecular complexity index is 1230. The molecule has 0 radical (unpaired) electrons. The Morgan fingerprint density at radius 2 is 1.65 bits per heavy atom. The number of aliphatic imine (C=N–C) groups is 1. The van der Waals surface area contributed by atoms with Crippen molar-refractivity contribution in [3.63, 3.8) is 0 Å². The number of benzene rings is 2. The van der Waals surface area contributed by atoms with Crippen molar-refractivity contribution in [3.8, 4) is 0 Å². The number of ether oxygens (including phenoxy) is 2. The van der Waals surface area contributed by atoms with Crippen molar-refractivity contribution in [1.29, 1.82) is 0 Å². The van der Waals surface area contributed by atoms with Crippen LogP contribution < -0.4 is 5.32 Å². The zero-order chi connectivity index (χ0) is 27.3. The number of nitrogens with zero attached hydrogens (tertiary/aromatic N) is 1. The second-order valence-corrected chi connectivity index (χ2v) is 10.4. The van der Waals surface area contributed by atoms with Crippen LogP contribution in [0.25, 0.3) is 0 Å². The molecule has 2 aromatic carbocycles. The maximum absolute atomic E-state index is 13.9. The summed E-state index contributed by atoms with van der Waals surface area (Å²) < 4.78 is 10.7. The lowest BCUT2D eigenvalue weighted by molar-refractivity contribution is -0.158. The van der Waals surface area contributed by atoms with Crippen LogP contribution in [0.1, 0.15) is 51.7 Å². The van der Waals surface area contributed by atoms with Crippen molar-refractivity contribution < 1.29 is 23.9 Å². The maximum Gasteiger partial charge on any atom is 0.329 e. The molecule has 7 nitrogen and oxygen atoms in total. The van der Waals surface area contributed by atoms with Crippen molar-refractivity contribution >= 4 is 35.2 Å². The molecular formula is C29H33ClN2O5. The summed E-state index contributed by atoms with van der Waals surface area (Å²) in [5, 5.41) is 3.27. The third kappa shape index (κ3) is 6.86. The van der Waals surface area contributed by atoms with E-state index in [1.807, 2.05) is 30.3 Å². The van der Waals surface area contributed by atoms with Gasteiger partial charge in [0.2, 0.25) is 5.91 Å². The Kier molecular flexibility index (Phi) is 8.92. The first-order valence-corrected chi connectivity index (χ1v) is 12.5. The van der Waals surface area contributed by atoms with E-state index in [-0.39, 0.29) is 12.0 Å². The predicted octanol–water partition coefficient (Wildman–Crippen LogP) is 5.03. The Morgan fingerprint density at radius 1 is 1.03 bits per heavy atom. The summed E-state index contributed by atoms with van der Waals surface area (Å²) in [4.78, 5) is 44.5. The van der Waals surface area contributed by atoms with Gasteiger partial charge in [0.05, 0.1) is 7.11 Å². The van der Waals surface area contributed by atoms with E-state index in [2.05, 4.69) is 10.3 Å². The average molecular weight is 525 g/mol. The lowest BCUT2D eigenvalue weighted by Crippen LogP contribution is -2.48. The summed E-state index contributed by atoms with van der Waals surface area (Å²) in [5.74, 6) is -3.23. The molecule has 37 heavy (non-hydrogen) atoms. The van der Waals surface area contributed by atoms with Gasteiger partial charge >= 0.3 is 11.9 Å². The van der Waals surface area contributed by atoms with E-state index in [4.69, 9.17) is 21.1 Å². The standard InChI is InChI=1S/C29H33ClN2O5/c1-17-23(25(20-14-10-11-15-21(20)30)24(18(2)31-17)28(35)36-6)26(33)32-22(27(34)37-29(3,4)5)16-19-12-8-7-9-13-19/h7-15,22,24-25H,16H2,1-6H3,(H,32,33)/t22-,24?,25?/m0/s1. The minimum Gasteiger partial charge on any atom is -0.468 e. The van der Waals surface area contributed by atoms with Gasteiger partial charge in [0.25, 0.3) is 0 Å². The molecule has 0 aromatic heterocycles. The van der Waals surface area contributed by atoms with Crippen LogP contribution in [0.3, 0.4) is 0 Å². The Morgan fingerprint density at radius 3 is 2.24 bits per heavy atom. The number of esters is 2. The fraction of sp³-hybridized carbons (Fsp3) is 0.379. The Hall–Kier alpha value is -3.45. The van der Waals surface area contributed by atoms with Gasteiger partial charge in [-0.3, -0.25) is 14.6 Å². The van der Waals surface area contributed by atoms with E-state index in [0.717, 1.165) is 5.56 Å². The van der Waals surface area contributed by atoms with Crippen LogP contribution in [0.15, 0.2) is 70.9 Å². The van der Waals surface area contributed by atoms with E-state index in [0.29, 0.717) is 22.0 Å². The number of methoxy groups -OCH3 is 1. The molecule has 0 aliphatic carbocycles. The fourth-order valence-electron chi connectivity index (χ4n) is 4.48. The zero-order valence-electron chi connectivity index (χ0n) is 22.0. The van der Waals surface area contributed by atoms with Crippen LogP contribution in [-0.4, -0.2) is 42.3 Å². The van der Waals surface area contributed by atoms with E-state index in [1.165, 1.54) is 7.11 Å². The SMILES string of the molecule is COC(=O)C1C(C)=NC(C)=C(C(=O)N[C@@H](Cc2ccccc2)C(=O)OC(C)(C)C)C1c1ccccc1Cl. The molecular weight excluding hydrogens is 492 g/mol. The van der Waals surface area contributed by atoms with E-state index in [9.17, 15) is 14.4 Å². The normalized spacial score (nSPS) is 18.5. The van der Waals surface area contributed by atoms with Gasteiger partial charge < -0.3 is 14.8 Å². The third-order valence-electron chi connectivity index (χ3n) is 6.05. The number of carbonyl (C=O) groups is 3. The number of hydrogen-bond donors (Lipinski definition) is 1. The molecule has 8 heteroatoms. The van der Waals surface area contributed by atoms with Gasteiger partial charge in [0.1, 0.15) is 17.6 Å². The summed E-state index contributed by atoms with van der Waals surface area (Å²) in [6, 6.07) is 15.4. The predicted molar refractivity (Wildman–Crippen MR) is 143 cm³/mol. The Balaban J connectivity index is 2.05. The first-order valence-electron chi connectivity index (χ1n) is 12.1. The summed E-state index contributed by atoms with van der Waals surface area (Å²) in [5.41, 5.74) is 1.90. The first kappa shape index (κ1) is 28.1. The lowest BCUT2D eigenvalue weighted by atomic mass is 9.75. The molecule has 1 aliphatic heterocycles. The molecule has 0 saturated carbocycles. The number of halogens is 1. The minimum absolute atomic E-state index is 0.229. The van der Waals surface area contributed by atoms with Crippen molar-refractivity contribution in [2.24, 2.45) is 10.9 Å². The van der Waals surface area contributed by atoms with Gasteiger partial charge in [0.15, 0.2) is 0 Å². The van der Waals surface area contributed by atoms with E-state index in [1.54, 1.807) is 58.9 Å². The van der Waals surface area contributed by atoms with E-state index < -0.39 is 41.3 Å². The van der Waals surface area contributed by atoms with Crippen LogP contribution >= 0.6 is 11.6 Å². The molecule has 1 aliphatic rings. The number of allylic oxidation sites excluding steroid dienone is 1. The molecule has 0 saturated heterocycles. The van der Waals surface area contributed by atoms with Crippen LogP contribution in [-0.2, 0) is 30.3 Å². The molecule has 3 atom stereocenters. The summed E-state index contributed by atoms with van der Waals surface area (Å²) >= 11 is 6.55. The summed E-state index contributed by atoms with van der Waals surface area (Å²) in [7, 11) is 1.29. The molecule has 1 amide bonds. The van der Waals surface area contributed by atoms with E-state index >= 15 is 0 Å². The molecule has 1 heterocycles. The molecule has 196 valence electrons. The zero-order valence-corrected chi connectivity index (χ0v) is 22.8. The Labute approximate surface area is 222 Å². The number of hydrogen-bond acceptors (Lipinski definition) is 6. The van der Waals surface area contributed by atoms with Gasteiger partial charge in [0, 0.05) is 34.3 Å². The molecule has 0 fully saturated rings. The highest BCUT2D eigenvalue weighted by Crippen LogP contribution is 2.42. The van der Waals surface area contributed by atoms with Crippen molar-refractivity contribution in [3.05, 3.63) is 82.0 Å². The van der Waals surface area contributed by atoms with Crippen molar-refractivity contribution in [1.82, 2.24) is 5.32 Å². The van der Waals surface area contributed by atoms with Crippen LogP contribution in [0.5, 0.6) is 0 Å². The molecule has 0 bridgehead atoms. The third-order valence-corrected chi connectivity index (χ3v) is 6.39. The number of rotatable bonds is 7. The highest BCUT2D eigenvalue weighted by atomic mass is 35.5. The van der Waals surface area contributed by atoms with Crippen LogP contribution in [0, 0.1) is 5.92 Å². The smallest absolute Gasteiger partial charge is 0.329 e. The van der Waals surface area contributed by atoms with Crippen LogP contribution in [0.4, 0.5) is 0 Å². The largest absolute Gasteiger partial charge is 0.468 e. The summed E-state index contributed by atoms with van der Waals surface area (Å²) in [6.07, 6.45) is 0.229. The van der Waals surface area contributed by atoms with Crippen molar-refractivity contribution in [2.75, 3.05) is 7.11 Å². The quantitative estimate of drug-likeness (QED) is 0.513. The second-order valence-electron chi connectivity index (χ2n) is 10.0. The molecule has 0 spiro atoms. The van der Waals surface area contributed by atoms with Gasteiger partial charge in [-0.05, 0) is 51.8 Å². The van der Waals surface area contributed by atoms with Gasteiger partial charge in [-0.15, -0.1) is 0 Å². The number of amides is 1. The highest BCUT2D eigenvalue weighted by Gasteiger charge is 2.43. The molecule has 1 N–H and O–H groups in total. The molecule has 2 aromatic rings.